The molecule has 0 aliphatic carbocycles. The first-order valence-corrected chi connectivity index (χ1v) is 41.5. The molecule has 3 unspecified atom stereocenters. The number of ether oxygens (including phenoxy) is 4. The third-order valence-corrected chi connectivity index (χ3v) is 19.5. The smallest absolute Gasteiger partial charge is 0.462 e. The normalized spacial score (nSPS) is 14.3. The average Bonchev–Trinajstić information content (AvgIpc) is 3.62. The molecule has 0 amide bonds. The SMILES string of the molecule is CCCCCCCCCCCCCCCCCCCCCCCC(=O)O[C@H](COC(=O)CCCCCCCCCCCC(C)C)COP(=O)(O)OC[C@@H](O)COP(=O)(O)OC[C@@H](COC(=O)CCCCCCCCCC)OC(=O)CCCCCCCCCCC(C)CC. The van der Waals surface area contributed by atoms with Crippen molar-refractivity contribution >= 4 is 39.5 Å². The summed E-state index contributed by atoms with van der Waals surface area (Å²) in [5, 5.41) is 10.6. The van der Waals surface area contributed by atoms with Crippen LogP contribution in [0.3, 0.4) is 0 Å². The largest absolute Gasteiger partial charge is 0.472 e. The molecule has 0 saturated heterocycles. The minimum atomic E-state index is -4.95. The maximum atomic E-state index is 13.1. The Morgan fingerprint density at radius 1 is 0.312 bits per heavy atom. The number of unbranched alkanes of at least 4 members (excludes halogenated alkanes) is 42. The van der Waals surface area contributed by atoms with Gasteiger partial charge in [-0.1, -0.05) is 330 Å². The van der Waals surface area contributed by atoms with Gasteiger partial charge in [-0.3, -0.25) is 37.3 Å². The summed E-state index contributed by atoms with van der Waals surface area (Å²) in [4.78, 5) is 72.6. The molecule has 0 aliphatic heterocycles. The zero-order chi connectivity index (χ0) is 68.6. The third-order valence-electron chi connectivity index (χ3n) is 17.6. The fraction of sp³-hybridized carbons (Fsp3) is 0.946. The van der Waals surface area contributed by atoms with E-state index in [9.17, 15) is 43.2 Å². The number of carbonyl (C=O) groups is 4. The summed E-state index contributed by atoms with van der Waals surface area (Å²) in [6, 6.07) is 0. The van der Waals surface area contributed by atoms with E-state index in [0.717, 1.165) is 108 Å². The molecule has 0 fully saturated rings. The molecule has 0 aromatic rings. The highest BCUT2D eigenvalue weighted by molar-refractivity contribution is 7.47. The van der Waals surface area contributed by atoms with Gasteiger partial charge in [-0.2, -0.15) is 0 Å². The van der Waals surface area contributed by atoms with Gasteiger partial charge in [0.25, 0.3) is 0 Å². The predicted molar refractivity (Wildman–Crippen MR) is 377 cm³/mol. The van der Waals surface area contributed by atoms with Gasteiger partial charge in [0, 0.05) is 25.7 Å². The van der Waals surface area contributed by atoms with Crippen LogP contribution in [0.25, 0.3) is 0 Å². The summed E-state index contributed by atoms with van der Waals surface area (Å²) < 4.78 is 68.3. The van der Waals surface area contributed by atoms with E-state index in [4.69, 9.17) is 37.0 Å². The van der Waals surface area contributed by atoms with Gasteiger partial charge in [-0.25, -0.2) is 9.13 Å². The van der Waals surface area contributed by atoms with Crippen molar-refractivity contribution < 1.29 is 80.2 Å². The van der Waals surface area contributed by atoms with Gasteiger partial charge in [-0.15, -0.1) is 0 Å². The fourth-order valence-corrected chi connectivity index (χ4v) is 12.8. The predicted octanol–water partition coefficient (Wildman–Crippen LogP) is 21.6. The number of esters is 4. The van der Waals surface area contributed by atoms with Gasteiger partial charge in [0.2, 0.25) is 0 Å². The number of aliphatic hydroxyl groups excluding tert-OH is 1. The third kappa shape index (κ3) is 67.0. The average molecular weight is 1370 g/mol. The Labute approximate surface area is 568 Å². The molecule has 552 valence electrons. The Hall–Kier alpha value is -1.94. The summed E-state index contributed by atoms with van der Waals surface area (Å²) in [6.45, 7) is 9.52. The number of aliphatic hydroxyl groups is 1. The zero-order valence-corrected chi connectivity index (χ0v) is 62.3. The highest BCUT2D eigenvalue weighted by Crippen LogP contribution is 2.45. The van der Waals surface area contributed by atoms with Crippen LogP contribution in [0.15, 0.2) is 0 Å². The zero-order valence-electron chi connectivity index (χ0n) is 60.6. The summed E-state index contributed by atoms with van der Waals surface area (Å²) in [7, 11) is -9.90. The molecular formula is C74H144O17P2. The van der Waals surface area contributed by atoms with Crippen molar-refractivity contribution in [2.24, 2.45) is 11.8 Å². The summed E-state index contributed by atoms with van der Waals surface area (Å²) in [6.07, 6.45) is 52.9. The van der Waals surface area contributed by atoms with Crippen molar-refractivity contribution in [3.8, 4) is 0 Å². The lowest BCUT2D eigenvalue weighted by molar-refractivity contribution is -0.161. The van der Waals surface area contributed by atoms with Gasteiger partial charge in [0.1, 0.15) is 19.3 Å². The van der Waals surface area contributed by atoms with Crippen molar-refractivity contribution in [3.63, 3.8) is 0 Å². The van der Waals surface area contributed by atoms with E-state index < -0.39 is 97.5 Å². The first-order valence-electron chi connectivity index (χ1n) is 38.5. The van der Waals surface area contributed by atoms with E-state index in [0.29, 0.717) is 25.7 Å². The Kier molecular flexibility index (Phi) is 64.6. The van der Waals surface area contributed by atoms with E-state index in [-0.39, 0.29) is 25.7 Å². The molecule has 0 heterocycles. The van der Waals surface area contributed by atoms with Gasteiger partial charge < -0.3 is 33.8 Å². The molecule has 0 rings (SSSR count). The lowest BCUT2D eigenvalue weighted by Crippen LogP contribution is -2.30. The quantitative estimate of drug-likeness (QED) is 0.0222. The number of phosphoric acid groups is 2. The van der Waals surface area contributed by atoms with Crippen molar-refractivity contribution in [1.82, 2.24) is 0 Å². The topological polar surface area (TPSA) is 237 Å². The van der Waals surface area contributed by atoms with E-state index >= 15 is 0 Å². The van der Waals surface area contributed by atoms with E-state index in [2.05, 4.69) is 41.5 Å². The highest BCUT2D eigenvalue weighted by atomic mass is 31.2. The van der Waals surface area contributed by atoms with Crippen LogP contribution < -0.4 is 0 Å². The highest BCUT2D eigenvalue weighted by Gasteiger charge is 2.30. The standard InChI is InChI=1S/C74H144O17P2/c1-7-10-12-14-16-18-19-20-21-22-23-24-25-26-27-28-29-32-40-46-52-58-73(78)90-70(63-85-72(77)57-51-45-39-33-30-31-36-42-48-54-66(4)5)65-89-93(82,83)87-61-68(75)60-86-92(80,81)88-64-69(62-84-71(76)56-50-44-38-17-15-13-11-8-2)91-74(79)59-53-47-41-35-34-37-43-49-55-67(6)9-3/h66-70,75H,7-65H2,1-6H3,(H,80,81)(H,82,83)/t67?,68-,69+,70+/m0/s1. The van der Waals surface area contributed by atoms with Crippen molar-refractivity contribution in [2.45, 2.75) is 400 Å². The first kappa shape index (κ1) is 91.1. The molecule has 6 atom stereocenters. The molecular weight excluding hydrogens is 1220 g/mol. The first-order chi connectivity index (χ1) is 44.9. The molecule has 93 heavy (non-hydrogen) atoms. The van der Waals surface area contributed by atoms with Crippen LogP contribution in [0.1, 0.15) is 382 Å². The van der Waals surface area contributed by atoms with Gasteiger partial charge in [-0.05, 0) is 37.5 Å². The molecule has 19 heteroatoms. The lowest BCUT2D eigenvalue weighted by atomic mass is 9.99. The van der Waals surface area contributed by atoms with Gasteiger partial charge in [0.05, 0.1) is 26.4 Å². The molecule has 0 bridgehead atoms. The molecule has 0 spiro atoms. The van der Waals surface area contributed by atoms with Crippen LogP contribution in [0.2, 0.25) is 0 Å². The van der Waals surface area contributed by atoms with Crippen LogP contribution in [0.4, 0.5) is 0 Å². The molecule has 3 N–H and O–H groups in total. The Morgan fingerprint density at radius 2 is 0.548 bits per heavy atom. The summed E-state index contributed by atoms with van der Waals surface area (Å²) >= 11 is 0. The summed E-state index contributed by atoms with van der Waals surface area (Å²) in [5.74, 6) is -0.611. The monoisotopic (exact) mass is 1370 g/mol. The minimum Gasteiger partial charge on any atom is -0.462 e. The molecule has 0 aliphatic rings. The Bertz CT molecular complexity index is 1810. The van der Waals surface area contributed by atoms with Gasteiger partial charge in [0.15, 0.2) is 12.2 Å². The minimum absolute atomic E-state index is 0.105. The van der Waals surface area contributed by atoms with E-state index in [1.165, 1.54) is 193 Å². The molecule has 17 nitrogen and oxygen atoms in total. The molecule has 0 saturated carbocycles. The summed E-state index contributed by atoms with van der Waals surface area (Å²) in [5.41, 5.74) is 0. The fourth-order valence-electron chi connectivity index (χ4n) is 11.3. The van der Waals surface area contributed by atoms with Crippen molar-refractivity contribution in [3.05, 3.63) is 0 Å². The van der Waals surface area contributed by atoms with Crippen LogP contribution >= 0.6 is 15.6 Å². The van der Waals surface area contributed by atoms with E-state index in [1.807, 2.05) is 0 Å². The number of hydrogen-bond acceptors (Lipinski definition) is 15. The second-order valence-corrected chi connectivity index (χ2v) is 30.3. The van der Waals surface area contributed by atoms with Crippen molar-refractivity contribution in [1.29, 1.82) is 0 Å². The van der Waals surface area contributed by atoms with E-state index in [1.54, 1.807) is 0 Å². The van der Waals surface area contributed by atoms with Crippen LogP contribution in [0.5, 0.6) is 0 Å². The maximum absolute atomic E-state index is 13.1. The lowest BCUT2D eigenvalue weighted by Gasteiger charge is -2.21. The number of phosphoric ester groups is 2. The second kappa shape index (κ2) is 66.0. The number of hydrogen-bond donors (Lipinski definition) is 3. The molecule has 0 aromatic carbocycles. The molecule has 0 radical (unpaired) electrons. The van der Waals surface area contributed by atoms with Gasteiger partial charge >= 0.3 is 39.5 Å². The van der Waals surface area contributed by atoms with Crippen LogP contribution in [0, 0.1) is 11.8 Å². The van der Waals surface area contributed by atoms with Crippen molar-refractivity contribution in [2.75, 3.05) is 39.6 Å². The molecule has 0 aromatic heterocycles. The number of rotatable bonds is 73. The van der Waals surface area contributed by atoms with Crippen LogP contribution in [-0.4, -0.2) is 96.7 Å². The number of carbonyl (C=O) groups excluding carboxylic acids is 4. The second-order valence-electron chi connectivity index (χ2n) is 27.4. The Balaban J connectivity index is 5.17. The Morgan fingerprint density at radius 3 is 0.817 bits per heavy atom. The maximum Gasteiger partial charge on any atom is 0.472 e. The van der Waals surface area contributed by atoms with Crippen LogP contribution in [-0.2, 0) is 65.4 Å².